The predicted octanol–water partition coefficient (Wildman–Crippen LogP) is 0.857. The van der Waals surface area contributed by atoms with Crippen molar-refractivity contribution in [2.24, 2.45) is 11.7 Å². The van der Waals surface area contributed by atoms with Crippen LogP contribution in [0.25, 0.3) is 0 Å². The normalized spacial score (nSPS) is 24.4. The van der Waals surface area contributed by atoms with Gasteiger partial charge in [0, 0.05) is 32.6 Å². The van der Waals surface area contributed by atoms with E-state index in [2.05, 4.69) is 0 Å². The minimum atomic E-state index is -3.36. The van der Waals surface area contributed by atoms with E-state index in [4.69, 9.17) is 5.73 Å². The summed E-state index contributed by atoms with van der Waals surface area (Å²) >= 11 is 0. The average Bonchev–Trinajstić information content (AvgIpc) is 2.92. The third-order valence-electron chi connectivity index (χ3n) is 4.10. The highest BCUT2D eigenvalue weighted by Gasteiger charge is 2.39. The van der Waals surface area contributed by atoms with Crippen molar-refractivity contribution >= 4 is 10.2 Å². The number of rotatable bonds is 5. The molecule has 0 aliphatic carbocycles. The second kappa shape index (κ2) is 6.22. The summed E-state index contributed by atoms with van der Waals surface area (Å²) < 4.78 is 27.8. The van der Waals surface area contributed by atoms with Crippen LogP contribution >= 0.6 is 0 Å². The van der Waals surface area contributed by atoms with E-state index >= 15 is 0 Å². The Hall–Kier alpha value is -0.950. The van der Waals surface area contributed by atoms with Crippen LogP contribution in [0.15, 0.2) is 30.3 Å². The third kappa shape index (κ3) is 2.88. The van der Waals surface area contributed by atoms with Gasteiger partial charge in [0.05, 0.1) is 0 Å². The molecule has 1 heterocycles. The van der Waals surface area contributed by atoms with Gasteiger partial charge >= 0.3 is 0 Å². The lowest BCUT2D eigenvalue weighted by atomic mass is 9.89. The van der Waals surface area contributed by atoms with Gasteiger partial charge in [0.2, 0.25) is 0 Å². The Morgan fingerprint density at radius 1 is 1.30 bits per heavy atom. The van der Waals surface area contributed by atoms with E-state index in [0.29, 0.717) is 26.2 Å². The molecule has 1 fully saturated rings. The molecule has 2 rings (SSSR count). The second-order valence-corrected chi connectivity index (χ2v) is 7.29. The molecule has 1 aliphatic heterocycles. The van der Waals surface area contributed by atoms with Gasteiger partial charge in [-0.15, -0.1) is 0 Å². The Morgan fingerprint density at radius 3 is 2.50 bits per heavy atom. The summed E-state index contributed by atoms with van der Waals surface area (Å²) in [6, 6.07) is 10.0. The highest BCUT2D eigenvalue weighted by atomic mass is 32.2. The van der Waals surface area contributed by atoms with Crippen molar-refractivity contribution in [1.82, 2.24) is 8.61 Å². The van der Waals surface area contributed by atoms with Gasteiger partial charge in [0.1, 0.15) is 0 Å². The Morgan fingerprint density at radius 2 is 1.95 bits per heavy atom. The number of hydrogen-bond acceptors (Lipinski definition) is 3. The molecule has 0 unspecified atom stereocenters. The van der Waals surface area contributed by atoms with Gasteiger partial charge in [-0.1, -0.05) is 37.3 Å². The first-order valence-corrected chi connectivity index (χ1v) is 8.36. The highest BCUT2D eigenvalue weighted by molar-refractivity contribution is 7.86. The van der Waals surface area contributed by atoms with E-state index in [-0.39, 0.29) is 11.8 Å². The van der Waals surface area contributed by atoms with Crippen LogP contribution in [0.3, 0.4) is 0 Å². The quantitative estimate of drug-likeness (QED) is 0.876. The molecular weight excluding hydrogens is 274 g/mol. The Kier molecular flexibility index (Phi) is 4.80. The molecule has 0 saturated carbocycles. The fourth-order valence-electron chi connectivity index (χ4n) is 2.70. The van der Waals surface area contributed by atoms with Gasteiger partial charge in [-0.05, 0) is 18.0 Å². The summed E-state index contributed by atoms with van der Waals surface area (Å²) in [6.07, 6.45) is 0. The van der Waals surface area contributed by atoms with Crippen LogP contribution in [-0.2, 0) is 10.2 Å². The van der Waals surface area contributed by atoms with Crippen LogP contribution in [0, 0.1) is 5.92 Å². The lowest BCUT2D eigenvalue weighted by Gasteiger charge is -2.23. The van der Waals surface area contributed by atoms with Gasteiger partial charge in [0.15, 0.2) is 0 Å². The molecule has 1 aromatic rings. The van der Waals surface area contributed by atoms with Gasteiger partial charge in [-0.3, -0.25) is 0 Å². The number of nitrogens with two attached hydrogens (primary N) is 1. The first kappa shape index (κ1) is 15.4. The van der Waals surface area contributed by atoms with E-state index < -0.39 is 10.2 Å². The fourth-order valence-corrected chi connectivity index (χ4v) is 4.15. The SMILES string of the molecule is CCN(C)S(=O)(=O)N1C[C@@H](CN)[C@H](c2ccccc2)C1. The van der Waals surface area contributed by atoms with Crippen LogP contribution in [0.5, 0.6) is 0 Å². The van der Waals surface area contributed by atoms with Crippen molar-refractivity contribution in [3.8, 4) is 0 Å². The summed E-state index contributed by atoms with van der Waals surface area (Å²) in [5.41, 5.74) is 7.01. The van der Waals surface area contributed by atoms with Crippen molar-refractivity contribution in [3.05, 3.63) is 35.9 Å². The lowest BCUT2D eigenvalue weighted by Crippen LogP contribution is -2.40. The van der Waals surface area contributed by atoms with Crippen molar-refractivity contribution in [2.75, 3.05) is 33.2 Å². The molecular formula is C14H23N3O2S. The van der Waals surface area contributed by atoms with E-state index in [9.17, 15) is 8.42 Å². The lowest BCUT2D eigenvalue weighted by molar-refractivity contribution is 0.395. The molecule has 112 valence electrons. The third-order valence-corrected chi connectivity index (χ3v) is 6.10. The second-order valence-electron chi connectivity index (χ2n) is 5.25. The molecule has 20 heavy (non-hydrogen) atoms. The molecule has 0 amide bonds. The maximum atomic E-state index is 12.4. The molecule has 0 bridgehead atoms. The molecule has 2 atom stereocenters. The van der Waals surface area contributed by atoms with E-state index in [1.165, 1.54) is 9.87 Å². The maximum absolute atomic E-state index is 12.4. The standard InChI is InChI=1S/C14H23N3O2S/c1-3-16(2)20(18,19)17-10-13(9-15)14(11-17)12-7-5-4-6-8-12/h4-8,13-14H,3,9-11,15H2,1-2H3/t13-,14+/m1/s1. The Balaban J connectivity index is 2.23. The van der Waals surface area contributed by atoms with Crippen molar-refractivity contribution in [1.29, 1.82) is 0 Å². The first-order chi connectivity index (χ1) is 9.50. The van der Waals surface area contributed by atoms with Gasteiger partial charge < -0.3 is 5.73 Å². The monoisotopic (exact) mass is 297 g/mol. The molecule has 0 aromatic heterocycles. The molecule has 1 saturated heterocycles. The minimum Gasteiger partial charge on any atom is -0.330 e. The van der Waals surface area contributed by atoms with Crippen LogP contribution in [-0.4, -0.2) is 50.3 Å². The van der Waals surface area contributed by atoms with E-state index in [1.807, 2.05) is 37.3 Å². The molecule has 1 aliphatic rings. The molecule has 0 radical (unpaired) electrons. The summed E-state index contributed by atoms with van der Waals surface area (Å²) in [6.45, 7) is 3.83. The van der Waals surface area contributed by atoms with Gasteiger partial charge in [-0.25, -0.2) is 0 Å². The summed E-state index contributed by atoms with van der Waals surface area (Å²) in [4.78, 5) is 0. The highest BCUT2D eigenvalue weighted by Crippen LogP contribution is 2.33. The van der Waals surface area contributed by atoms with Crippen LogP contribution in [0.2, 0.25) is 0 Å². The molecule has 5 nitrogen and oxygen atoms in total. The van der Waals surface area contributed by atoms with Crippen LogP contribution in [0.1, 0.15) is 18.4 Å². The van der Waals surface area contributed by atoms with Crippen molar-refractivity contribution in [3.63, 3.8) is 0 Å². The average molecular weight is 297 g/mol. The first-order valence-electron chi connectivity index (χ1n) is 6.97. The van der Waals surface area contributed by atoms with Gasteiger partial charge in [0.25, 0.3) is 10.2 Å². The van der Waals surface area contributed by atoms with Gasteiger partial charge in [-0.2, -0.15) is 17.0 Å². The Labute approximate surface area is 121 Å². The molecule has 1 aromatic carbocycles. The fraction of sp³-hybridized carbons (Fsp3) is 0.571. The molecule has 0 spiro atoms. The number of nitrogens with zero attached hydrogens (tertiary/aromatic N) is 2. The number of hydrogen-bond donors (Lipinski definition) is 1. The maximum Gasteiger partial charge on any atom is 0.281 e. The van der Waals surface area contributed by atoms with E-state index in [1.54, 1.807) is 11.4 Å². The molecule has 6 heteroatoms. The smallest absolute Gasteiger partial charge is 0.281 e. The zero-order valence-electron chi connectivity index (χ0n) is 12.1. The molecule has 2 N–H and O–H groups in total. The van der Waals surface area contributed by atoms with Crippen molar-refractivity contribution < 1.29 is 8.42 Å². The zero-order chi connectivity index (χ0) is 14.8. The summed E-state index contributed by atoms with van der Waals surface area (Å²) in [5, 5.41) is 0. The van der Waals surface area contributed by atoms with Crippen molar-refractivity contribution in [2.45, 2.75) is 12.8 Å². The van der Waals surface area contributed by atoms with Crippen LogP contribution < -0.4 is 5.73 Å². The van der Waals surface area contributed by atoms with Crippen LogP contribution in [0.4, 0.5) is 0 Å². The zero-order valence-corrected chi connectivity index (χ0v) is 12.9. The summed E-state index contributed by atoms with van der Waals surface area (Å²) in [5.74, 6) is 0.360. The minimum absolute atomic E-state index is 0.178. The Bertz CT molecular complexity index is 533. The topological polar surface area (TPSA) is 66.6 Å². The number of benzene rings is 1. The predicted molar refractivity (Wildman–Crippen MR) is 80.5 cm³/mol. The summed E-state index contributed by atoms with van der Waals surface area (Å²) in [7, 11) is -1.75. The largest absolute Gasteiger partial charge is 0.330 e. The van der Waals surface area contributed by atoms with E-state index in [0.717, 1.165) is 0 Å².